The van der Waals surface area contributed by atoms with E-state index in [4.69, 9.17) is 14.5 Å². The zero-order chi connectivity index (χ0) is 23.1. The molecule has 0 bridgehead atoms. The van der Waals surface area contributed by atoms with Crippen LogP contribution in [0.1, 0.15) is 40.9 Å². The van der Waals surface area contributed by atoms with Crippen LogP contribution in [0, 0.1) is 17.2 Å². The van der Waals surface area contributed by atoms with Gasteiger partial charge in [-0.3, -0.25) is 0 Å². The van der Waals surface area contributed by atoms with E-state index < -0.39 is 0 Å². The number of rotatable bonds is 5. The summed E-state index contributed by atoms with van der Waals surface area (Å²) in [6.45, 7) is 1.70. The number of para-hydroxylation sites is 3. The maximum absolute atomic E-state index is 9.22. The summed E-state index contributed by atoms with van der Waals surface area (Å²) in [6.07, 6.45) is 1.56. The highest BCUT2D eigenvalue weighted by Crippen LogP contribution is 2.50. The highest BCUT2D eigenvalue weighted by Gasteiger charge is 2.35. The van der Waals surface area contributed by atoms with E-state index >= 15 is 0 Å². The van der Waals surface area contributed by atoms with Crippen LogP contribution in [-0.2, 0) is 24.5 Å². The van der Waals surface area contributed by atoms with E-state index in [-0.39, 0.29) is 0 Å². The summed E-state index contributed by atoms with van der Waals surface area (Å²) in [4.78, 5) is 4.78. The van der Waals surface area contributed by atoms with Gasteiger partial charge in [-0.1, -0.05) is 48.0 Å². The van der Waals surface area contributed by atoms with Gasteiger partial charge in [-0.2, -0.15) is 5.26 Å². The number of methoxy groups -OCH3 is 1. The lowest BCUT2D eigenvalue weighted by molar-refractivity contribution is 0.175. The number of hydrogen-bond donors (Lipinski definition) is 0. The molecule has 2 heterocycles. The summed E-state index contributed by atoms with van der Waals surface area (Å²) in [5, 5.41) is 9.22. The zero-order valence-electron chi connectivity index (χ0n) is 19.1. The molecule has 5 heteroatoms. The Morgan fingerprint density at radius 3 is 2.82 bits per heavy atom. The van der Waals surface area contributed by atoms with Gasteiger partial charge in [0, 0.05) is 25.6 Å². The quantitative estimate of drug-likeness (QED) is 0.385. The smallest absolute Gasteiger partial charge is 0.136 e. The van der Waals surface area contributed by atoms with Crippen molar-refractivity contribution in [2.24, 2.45) is 5.92 Å². The second-order valence-electron chi connectivity index (χ2n) is 8.98. The van der Waals surface area contributed by atoms with Crippen molar-refractivity contribution in [3.63, 3.8) is 0 Å². The Morgan fingerprint density at radius 2 is 1.94 bits per heavy atom. The van der Waals surface area contributed by atoms with Crippen LogP contribution >= 0.6 is 0 Å². The first-order valence-corrected chi connectivity index (χ1v) is 11.6. The maximum atomic E-state index is 9.22. The van der Waals surface area contributed by atoms with Gasteiger partial charge in [-0.15, -0.1) is 0 Å². The molecule has 1 aliphatic carbocycles. The number of nitrogens with zero attached hydrogens (tertiary/aromatic N) is 3. The lowest BCUT2D eigenvalue weighted by atomic mass is 9.91. The van der Waals surface area contributed by atoms with Crippen molar-refractivity contribution in [3.05, 3.63) is 100 Å². The number of imidazole rings is 1. The van der Waals surface area contributed by atoms with Crippen molar-refractivity contribution in [2.45, 2.75) is 32.6 Å². The number of nitriles is 1. The molecular weight excluding hydrogens is 422 g/mol. The number of benzene rings is 3. The molecular formula is C29H25N3O2. The van der Waals surface area contributed by atoms with Gasteiger partial charge in [0.05, 0.1) is 17.1 Å². The summed E-state index contributed by atoms with van der Waals surface area (Å²) in [5.74, 6) is 2.18. The van der Waals surface area contributed by atoms with Crippen LogP contribution in [0.4, 0.5) is 0 Å². The molecule has 0 N–H and O–H groups in total. The topological polar surface area (TPSA) is 60.1 Å². The minimum atomic E-state index is 0.354. The van der Waals surface area contributed by atoms with Crippen molar-refractivity contribution in [1.29, 1.82) is 5.26 Å². The van der Waals surface area contributed by atoms with Crippen LogP contribution in [0.15, 0.2) is 72.3 Å². The highest BCUT2D eigenvalue weighted by molar-refractivity contribution is 5.89. The lowest BCUT2D eigenvalue weighted by Crippen LogP contribution is -2.07. The van der Waals surface area contributed by atoms with E-state index in [0.717, 1.165) is 34.6 Å². The van der Waals surface area contributed by atoms with Gasteiger partial charge in [-0.05, 0) is 58.9 Å². The fraction of sp³-hybridized carbons (Fsp3) is 0.241. The molecule has 34 heavy (non-hydrogen) atoms. The Balaban J connectivity index is 1.42. The Bertz CT molecular complexity index is 1470. The fourth-order valence-electron chi connectivity index (χ4n) is 5.10. The molecule has 1 saturated carbocycles. The van der Waals surface area contributed by atoms with Crippen molar-refractivity contribution >= 4 is 16.6 Å². The third-order valence-electron chi connectivity index (χ3n) is 6.78. The molecule has 5 nitrogen and oxygen atoms in total. The van der Waals surface area contributed by atoms with E-state index in [1.165, 1.54) is 27.8 Å². The molecule has 0 saturated heterocycles. The van der Waals surface area contributed by atoms with Gasteiger partial charge >= 0.3 is 0 Å². The summed E-state index contributed by atoms with van der Waals surface area (Å²) >= 11 is 0. The van der Waals surface area contributed by atoms with E-state index in [9.17, 15) is 5.26 Å². The lowest BCUT2D eigenvalue weighted by Gasteiger charge is -2.14. The van der Waals surface area contributed by atoms with E-state index in [2.05, 4.69) is 47.0 Å². The van der Waals surface area contributed by atoms with Crippen LogP contribution in [0.3, 0.4) is 0 Å². The van der Waals surface area contributed by atoms with E-state index in [1.54, 1.807) is 7.11 Å². The van der Waals surface area contributed by atoms with Crippen LogP contribution in [0.5, 0.6) is 5.75 Å². The van der Waals surface area contributed by atoms with Crippen molar-refractivity contribution < 1.29 is 9.47 Å². The molecule has 168 valence electrons. The Kier molecular flexibility index (Phi) is 5.16. The standard InChI is InChI=1S/C29H25N3O2/c1-33-18-28-31-25-7-3-4-8-26(25)32(28)16-19-10-11-22-21(14-19)17-34-27-9-5-2-6-23(27)29(22)24-15-20(24)12-13-30/h2-11,14,20H,12,15-18H2,1H3. The zero-order valence-corrected chi connectivity index (χ0v) is 19.1. The van der Waals surface area contributed by atoms with E-state index in [1.807, 2.05) is 30.3 Å². The van der Waals surface area contributed by atoms with Gasteiger partial charge in [0.25, 0.3) is 0 Å². The summed E-state index contributed by atoms with van der Waals surface area (Å²) in [7, 11) is 1.70. The summed E-state index contributed by atoms with van der Waals surface area (Å²) in [6, 6.07) is 25.5. The minimum absolute atomic E-state index is 0.354. The SMILES string of the molecule is COCc1nc2ccccc2n1Cc1ccc2c(c1)COc1ccccc1C2=C1CC1CC#N. The third-order valence-corrected chi connectivity index (χ3v) is 6.78. The molecule has 1 atom stereocenters. The van der Waals surface area contributed by atoms with Gasteiger partial charge in [0.2, 0.25) is 0 Å². The molecule has 1 unspecified atom stereocenters. The molecule has 4 aromatic rings. The molecule has 6 rings (SSSR count). The number of ether oxygens (including phenoxy) is 2. The van der Waals surface area contributed by atoms with Crippen LogP contribution in [0.2, 0.25) is 0 Å². The second-order valence-corrected chi connectivity index (χ2v) is 8.98. The maximum Gasteiger partial charge on any atom is 0.136 e. The van der Waals surface area contributed by atoms with Crippen molar-refractivity contribution in [3.8, 4) is 11.8 Å². The predicted molar refractivity (Wildman–Crippen MR) is 131 cm³/mol. The van der Waals surface area contributed by atoms with Gasteiger partial charge in [0.15, 0.2) is 0 Å². The summed E-state index contributed by atoms with van der Waals surface area (Å²) < 4.78 is 13.9. The van der Waals surface area contributed by atoms with Gasteiger partial charge in [-0.25, -0.2) is 4.98 Å². The molecule has 1 aliphatic heterocycles. The number of hydrogen-bond acceptors (Lipinski definition) is 4. The van der Waals surface area contributed by atoms with Crippen LogP contribution in [-0.4, -0.2) is 16.7 Å². The van der Waals surface area contributed by atoms with Crippen LogP contribution in [0.25, 0.3) is 16.6 Å². The largest absolute Gasteiger partial charge is 0.488 e. The van der Waals surface area contributed by atoms with Gasteiger partial charge < -0.3 is 14.0 Å². The molecule has 0 spiro atoms. The van der Waals surface area contributed by atoms with Crippen LogP contribution < -0.4 is 4.74 Å². The second kappa shape index (κ2) is 8.48. The number of fused-ring (bicyclic) bond motifs is 3. The molecule has 1 aromatic heterocycles. The Hall–Kier alpha value is -3.88. The third kappa shape index (κ3) is 3.57. The Labute approximate surface area is 198 Å². The monoisotopic (exact) mass is 447 g/mol. The molecule has 1 fully saturated rings. The minimum Gasteiger partial charge on any atom is -0.488 e. The highest BCUT2D eigenvalue weighted by atomic mass is 16.5. The van der Waals surface area contributed by atoms with Crippen molar-refractivity contribution in [1.82, 2.24) is 9.55 Å². The summed E-state index contributed by atoms with van der Waals surface area (Å²) in [5.41, 5.74) is 9.43. The predicted octanol–water partition coefficient (Wildman–Crippen LogP) is 5.86. The molecule has 0 radical (unpaired) electrons. The Morgan fingerprint density at radius 1 is 1.09 bits per heavy atom. The average molecular weight is 448 g/mol. The average Bonchev–Trinajstić information content (AvgIpc) is 3.56. The first kappa shape index (κ1) is 20.7. The van der Waals surface area contributed by atoms with Gasteiger partial charge in [0.1, 0.15) is 24.8 Å². The normalized spacial score (nSPS) is 18.5. The molecule has 2 aliphatic rings. The van der Waals surface area contributed by atoms with E-state index in [0.29, 0.717) is 32.1 Å². The number of allylic oxidation sites excluding steroid dienone is 1. The number of aromatic nitrogens is 2. The molecule has 0 amide bonds. The van der Waals surface area contributed by atoms with Crippen molar-refractivity contribution in [2.75, 3.05) is 7.11 Å². The first-order valence-electron chi connectivity index (χ1n) is 11.6. The first-order chi connectivity index (χ1) is 16.8. The fourth-order valence-corrected chi connectivity index (χ4v) is 5.10. The molecule has 3 aromatic carbocycles.